The summed E-state index contributed by atoms with van der Waals surface area (Å²) in [7, 11) is 13.7. The molecule has 0 saturated heterocycles. The lowest BCUT2D eigenvalue weighted by atomic mass is 9.83. The van der Waals surface area contributed by atoms with Crippen molar-refractivity contribution in [2.45, 2.75) is 310 Å². The van der Waals surface area contributed by atoms with Crippen LogP contribution in [0.25, 0.3) is 131 Å². The minimum atomic E-state index is 0.956. The molecule has 18 rings (SSSR count). The van der Waals surface area contributed by atoms with Gasteiger partial charge in [0.15, 0.2) is 0 Å². The second kappa shape index (κ2) is 31.1. The molecule has 6 heteroatoms. The van der Waals surface area contributed by atoms with E-state index in [1.165, 1.54) is 398 Å². The van der Waals surface area contributed by atoms with Gasteiger partial charge in [-0.25, -0.2) is 0 Å². The van der Waals surface area contributed by atoms with Crippen LogP contribution in [0.3, 0.4) is 0 Å². The van der Waals surface area contributed by atoms with Gasteiger partial charge in [-0.05, 0) is 577 Å². The van der Waals surface area contributed by atoms with E-state index in [9.17, 15) is 0 Å². The smallest absolute Gasteiger partial charge is 0.0524 e. The molecule has 0 aliphatic heterocycles. The van der Waals surface area contributed by atoms with Crippen LogP contribution < -0.4 is 0 Å². The molecule has 0 unspecified atom stereocenters. The third-order valence-corrected chi connectivity index (χ3v) is 37.1. The quantitative estimate of drug-likeness (QED) is 0.159. The highest BCUT2D eigenvalue weighted by Gasteiger charge is 2.33. The second-order valence-corrected chi connectivity index (χ2v) is 41.7. The maximum Gasteiger partial charge on any atom is 0.0524 e. The van der Waals surface area contributed by atoms with Crippen molar-refractivity contribution in [3.63, 3.8) is 0 Å². The van der Waals surface area contributed by atoms with Crippen molar-refractivity contribution in [2.75, 3.05) is 0 Å². The number of rotatable bonds is 6. The zero-order valence-electron chi connectivity index (χ0n) is 88.8. The molecule has 6 nitrogen and oxygen atoms in total. The molecular weight excluding hydrogens is 1560 g/mol. The molecule has 0 amide bonds. The molecule has 129 heavy (non-hydrogen) atoms. The fourth-order valence-corrected chi connectivity index (χ4v) is 26.5. The first-order valence-corrected chi connectivity index (χ1v) is 48.0. The molecule has 6 aromatic heterocycles. The molecule has 0 N–H and O–H groups in total. The van der Waals surface area contributed by atoms with Crippen LogP contribution in [0.1, 0.15) is 267 Å². The third-order valence-electron chi connectivity index (χ3n) is 37.1. The number of nitrogens with zero attached hydrogens (tertiary/aromatic N) is 6. The van der Waals surface area contributed by atoms with E-state index >= 15 is 0 Å². The zero-order chi connectivity index (χ0) is 95.2. The van der Waals surface area contributed by atoms with Crippen molar-refractivity contribution in [1.82, 2.24) is 27.4 Å². The average molecular weight is 1710 g/mol. The highest BCUT2D eigenvalue weighted by molar-refractivity contribution is 6.20. The molecule has 0 fully saturated rings. The van der Waals surface area contributed by atoms with Crippen molar-refractivity contribution in [1.29, 1.82) is 0 Å². The third kappa shape index (κ3) is 12.0. The van der Waals surface area contributed by atoms with Crippen LogP contribution >= 0.6 is 0 Å². The van der Waals surface area contributed by atoms with Crippen LogP contribution in [0.4, 0.5) is 0 Å². The Labute approximate surface area is 772 Å². The summed E-state index contributed by atoms with van der Waals surface area (Å²) in [6, 6.07) is 0. The summed E-state index contributed by atoms with van der Waals surface area (Å²) < 4.78 is 14.9. The largest absolute Gasteiger partial charge is 0.343 e. The summed E-state index contributed by atoms with van der Waals surface area (Å²) in [5, 5.41) is 17.4. The van der Waals surface area contributed by atoms with Gasteiger partial charge in [0, 0.05) is 107 Å². The highest BCUT2D eigenvalue weighted by atomic mass is 15.0. The first-order chi connectivity index (χ1) is 60.2. The number of hydrogen-bond donors (Lipinski definition) is 0. The molecule has 0 spiro atoms. The molecule has 0 aliphatic carbocycles. The topological polar surface area (TPSA) is 29.6 Å². The Hall–Kier alpha value is -10.6. The van der Waals surface area contributed by atoms with Gasteiger partial charge in [-0.3, -0.25) is 0 Å². The number of aryl methyl sites for hydroxylation is 30. The Bertz CT molecular complexity index is 7890. The van der Waals surface area contributed by atoms with Crippen LogP contribution in [0, 0.1) is 291 Å². The Kier molecular flexibility index (Phi) is 22.1. The Balaban J connectivity index is 0.000000142. The van der Waals surface area contributed by atoms with Crippen LogP contribution in [0.5, 0.6) is 0 Å². The van der Waals surface area contributed by atoms with Crippen molar-refractivity contribution >= 4 is 131 Å². The van der Waals surface area contributed by atoms with Gasteiger partial charge in [-0.2, -0.15) is 0 Å². The summed E-state index contributed by atoms with van der Waals surface area (Å²) >= 11 is 0. The minimum Gasteiger partial charge on any atom is -0.343 e. The maximum atomic E-state index is 2.50. The predicted octanol–water partition coefficient (Wildman–Crippen LogP) is 32.7. The lowest BCUT2D eigenvalue weighted by Gasteiger charge is -2.21. The monoisotopic (exact) mass is 1710 g/mol. The Morgan fingerprint density at radius 1 is 0.0930 bits per heavy atom. The summed E-state index contributed by atoms with van der Waals surface area (Å²) in [6.07, 6.45) is 2.87. The normalized spacial score (nSPS) is 12.3. The van der Waals surface area contributed by atoms with Crippen molar-refractivity contribution in [2.24, 2.45) is 42.3 Å². The summed E-state index contributed by atoms with van der Waals surface area (Å²) in [5.41, 5.74) is 85.7. The summed E-state index contributed by atoms with van der Waals surface area (Å²) in [4.78, 5) is 0. The second-order valence-electron chi connectivity index (χ2n) is 41.7. The van der Waals surface area contributed by atoms with Crippen LogP contribution in [0.2, 0.25) is 0 Å². The van der Waals surface area contributed by atoms with Crippen molar-refractivity contribution in [3.05, 3.63) is 267 Å². The number of fused-ring (bicyclic) bond motifs is 18. The first-order valence-electron chi connectivity index (χ1n) is 48.0. The van der Waals surface area contributed by atoms with E-state index in [1.54, 1.807) is 0 Å². The SMILES string of the molecule is Cc1c(C)c(C)c2c(c1C)c1c(C)c(C)c(Cc3c(C)c(C)c4c5c(C)c(C)c(C)c(C)c5n(C)c4c3C)c(C)c1n2C.Cc1c(C)c(C)c2c(c1C)c1c(C)c(Cc3c(C)c(C)c4c(c3C)c3c(C)c(C)c(C)c(C)c3n4C)c(C)c(C)c1n2C.Cc1c(C)c(C)c2c(c1C)c1c(C)c(Cc3c(C)c(C)c4c5c(C)c(C)c(C)c(C)c5n(C)c4c3C)c(C)c(C)c1n2C. The molecular formula is C123H150N6. The zero-order valence-corrected chi connectivity index (χ0v) is 88.8. The molecule has 12 aromatic carbocycles. The van der Waals surface area contributed by atoms with E-state index in [-0.39, 0.29) is 0 Å². The average Bonchev–Trinajstić information content (AvgIpc) is 1.57. The van der Waals surface area contributed by atoms with E-state index < -0.39 is 0 Å². The number of hydrogen-bond acceptors (Lipinski definition) is 0. The van der Waals surface area contributed by atoms with Gasteiger partial charge in [0.1, 0.15) is 0 Å². The van der Waals surface area contributed by atoms with E-state index in [0.29, 0.717) is 0 Å². The van der Waals surface area contributed by atoms with Gasteiger partial charge in [0.05, 0.1) is 66.2 Å². The molecule has 6 heterocycles. The van der Waals surface area contributed by atoms with Crippen LogP contribution in [-0.2, 0) is 61.5 Å². The number of benzene rings is 12. The van der Waals surface area contributed by atoms with E-state index in [0.717, 1.165) is 19.3 Å². The fraction of sp³-hybridized carbons (Fsp3) is 0.415. The van der Waals surface area contributed by atoms with E-state index in [1.807, 2.05) is 0 Å². The van der Waals surface area contributed by atoms with Gasteiger partial charge in [-0.15, -0.1) is 0 Å². The standard InChI is InChI=1S/3C41H50N2/c1-18-20(3)28(11)38-34(24(18)7)36-26(9)22(5)32(30(13)40(36)42(38)15)17-33-23(6)27(10)37-35-25(8)19(2)21(4)29(12)39(35)43(16)41(37)31(33)14;1-18-20(3)27(10)38-34(24(18)7)36-26(9)22(5)33(31(14)41(36)43(38)16)17-32-23(6)29(12)40-37(30(32)13)35-25(8)19(2)21(4)28(11)39(35)42(40)15;1-18-20(3)26(9)38-34(24(18)7)36-30(13)32(22(5)28(11)40(36)42(38)15)17-33-23(6)29(12)41-37(31(33)14)35-25(8)19(2)21(4)27(10)39(35)43(41)16/h3*17H2,1-16H3. The van der Waals surface area contributed by atoms with Crippen molar-refractivity contribution < 1.29 is 0 Å². The number of aromatic nitrogens is 6. The highest BCUT2D eigenvalue weighted by Crippen LogP contribution is 2.52. The summed E-state index contributed by atoms with van der Waals surface area (Å²) in [6.45, 7) is 97.9. The van der Waals surface area contributed by atoms with Gasteiger partial charge < -0.3 is 27.4 Å². The fourth-order valence-electron chi connectivity index (χ4n) is 26.5. The Morgan fingerprint density at radius 2 is 0.178 bits per heavy atom. The Morgan fingerprint density at radius 3 is 0.318 bits per heavy atom. The first kappa shape index (κ1) is 91.7. The molecule has 0 radical (unpaired) electrons. The van der Waals surface area contributed by atoms with Gasteiger partial charge in [0.2, 0.25) is 0 Å². The lowest BCUT2D eigenvalue weighted by molar-refractivity contribution is 0.980. The van der Waals surface area contributed by atoms with E-state index in [2.05, 4.69) is 360 Å². The molecule has 0 aliphatic rings. The lowest BCUT2D eigenvalue weighted by Crippen LogP contribution is -2.06. The molecule has 0 atom stereocenters. The van der Waals surface area contributed by atoms with E-state index in [4.69, 9.17) is 0 Å². The maximum absolute atomic E-state index is 2.50. The summed E-state index contributed by atoms with van der Waals surface area (Å²) in [5.74, 6) is 0. The minimum absolute atomic E-state index is 0.956. The van der Waals surface area contributed by atoms with Gasteiger partial charge in [-0.1, -0.05) is 0 Å². The van der Waals surface area contributed by atoms with Crippen LogP contribution in [-0.4, -0.2) is 27.4 Å². The van der Waals surface area contributed by atoms with Crippen molar-refractivity contribution in [3.8, 4) is 0 Å². The molecule has 672 valence electrons. The van der Waals surface area contributed by atoms with Gasteiger partial charge >= 0.3 is 0 Å². The molecule has 0 saturated carbocycles. The van der Waals surface area contributed by atoms with Gasteiger partial charge in [0.25, 0.3) is 0 Å². The molecule has 18 aromatic rings. The van der Waals surface area contributed by atoms with Crippen LogP contribution in [0.15, 0.2) is 0 Å². The predicted molar refractivity (Wildman–Crippen MR) is 570 cm³/mol. The molecule has 0 bridgehead atoms.